The highest BCUT2D eigenvalue weighted by atomic mass is 16.5. The molecule has 2 saturated heterocycles. The zero-order valence-electron chi connectivity index (χ0n) is 13.8. The van der Waals surface area contributed by atoms with Crippen LogP contribution in [-0.2, 0) is 6.61 Å². The van der Waals surface area contributed by atoms with Gasteiger partial charge in [-0.1, -0.05) is 30.3 Å². The third-order valence-electron chi connectivity index (χ3n) is 5.23. The molecule has 2 unspecified atom stereocenters. The van der Waals surface area contributed by atoms with Crippen LogP contribution >= 0.6 is 0 Å². The Morgan fingerprint density at radius 3 is 2.29 bits per heavy atom. The molecule has 124 valence electrons. The van der Waals surface area contributed by atoms with E-state index in [9.17, 15) is 4.79 Å². The first kappa shape index (κ1) is 15.4. The molecule has 0 radical (unpaired) electrons. The van der Waals surface area contributed by atoms with Crippen molar-refractivity contribution >= 4 is 5.78 Å². The molecule has 2 aromatic rings. The van der Waals surface area contributed by atoms with Gasteiger partial charge in [-0.15, -0.1) is 0 Å². The van der Waals surface area contributed by atoms with Gasteiger partial charge in [0.15, 0.2) is 5.78 Å². The monoisotopic (exact) mass is 321 g/mol. The van der Waals surface area contributed by atoms with E-state index in [-0.39, 0.29) is 5.92 Å². The first-order valence-electron chi connectivity index (χ1n) is 8.85. The van der Waals surface area contributed by atoms with Gasteiger partial charge in [0, 0.05) is 23.6 Å². The van der Waals surface area contributed by atoms with Crippen molar-refractivity contribution in [1.29, 1.82) is 0 Å². The molecule has 3 nitrogen and oxygen atoms in total. The van der Waals surface area contributed by atoms with Crippen molar-refractivity contribution < 1.29 is 9.53 Å². The minimum absolute atomic E-state index is 0.180. The van der Waals surface area contributed by atoms with Gasteiger partial charge in [-0.2, -0.15) is 0 Å². The summed E-state index contributed by atoms with van der Waals surface area (Å²) in [5.74, 6) is 1.28. The summed E-state index contributed by atoms with van der Waals surface area (Å²) in [6.07, 6.45) is 4.42. The number of ketones is 1. The van der Waals surface area contributed by atoms with Crippen LogP contribution in [0.4, 0.5) is 0 Å². The quantitative estimate of drug-likeness (QED) is 0.847. The van der Waals surface area contributed by atoms with E-state index in [4.69, 9.17) is 4.74 Å². The number of nitrogens with one attached hydrogen (secondary N) is 1. The lowest BCUT2D eigenvalue weighted by molar-refractivity contribution is 0.0875. The minimum Gasteiger partial charge on any atom is -0.489 e. The average Bonchev–Trinajstić information content (AvgIpc) is 2.98. The van der Waals surface area contributed by atoms with Crippen LogP contribution in [0.1, 0.15) is 41.6 Å². The molecule has 2 atom stereocenters. The second-order valence-electron chi connectivity index (χ2n) is 6.97. The first-order valence-corrected chi connectivity index (χ1v) is 8.85. The van der Waals surface area contributed by atoms with Gasteiger partial charge in [-0.25, -0.2) is 0 Å². The Labute approximate surface area is 143 Å². The van der Waals surface area contributed by atoms with Crippen molar-refractivity contribution in [3.63, 3.8) is 0 Å². The summed E-state index contributed by atoms with van der Waals surface area (Å²) in [4.78, 5) is 12.7. The molecule has 2 aliphatic rings. The van der Waals surface area contributed by atoms with Crippen LogP contribution in [0.15, 0.2) is 54.6 Å². The summed E-state index contributed by atoms with van der Waals surface area (Å²) in [5.41, 5.74) is 1.95. The zero-order chi connectivity index (χ0) is 16.4. The van der Waals surface area contributed by atoms with Crippen molar-refractivity contribution in [2.75, 3.05) is 0 Å². The van der Waals surface area contributed by atoms with Crippen LogP contribution in [0.3, 0.4) is 0 Å². The molecule has 3 heteroatoms. The van der Waals surface area contributed by atoms with E-state index in [1.165, 1.54) is 12.8 Å². The molecule has 4 rings (SSSR count). The molecule has 2 heterocycles. The van der Waals surface area contributed by atoms with Crippen LogP contribution in [0.5, 0.6) is 5.75 Å². The maximum atomic E-state index is 12.7. The van der Waals surface area contributed by atoms with Crippen molar-refractivity contribution in [3.05, 3.63) is 65.7 Å². The van der Waals surface area contributed by atoms with E-state index in [1.807, 2.05) is 54.6 Å². The summed E-state index contributed by atoms with van der Waals surface area (Å²) in [5, 5.41) is 3.60. The highest BCUT2D eigenvalue weighted by Crippen LogP contribution is 2.33. The molecule has 2 fully saturated rings. The third-order valence-corrected chi connectivity index (χ3v) is 5.23. The Kier molecular flexibility index (Phi) is 4.35. The van der Waals surface area contributed by atoms with Crippen molar-refractivity contribution in [2.24, 2.45) is 5.92 Å². The largest absolute Gasteiger partial charge is 0.489 e. The van der Waals surface area contributed by atoms with Crippen molar-refractivity contribution in [3.8, 4) is 5.75 Å². The number of carbonyl (C=O) groups is 1. The van der Waals surface area contributed by atoms with Crippen LogP contribution in [0.25, 0.3) is 0 Å². The summed E-state index contributed by atoms with van der Waals surface area (Å²) in [6.45, 7) is 0.547. The number of benzene rings is 2. The summed E-state index contributed by atoms with van der Waals surface area (Å²) in [7, 11) is 0. The average molecular weight is 321 g/mol. The van der Waals surface area contributed by atoms with Crippen LogP contribution in [-0.4, -0.2) is 17.9 Å². The second-order valence-corrected chi connectivity index (χ2v) is 6.97. The second kappa shape index (κ2) is 6.78. The lowest BCUT2D eigenvalue weighted by Crippen LogP contribution is -2.40. The van der Waals surface area contributed by atoms with Gasteiger partial charge in [-0.05, 0) is 55.5 Å². The molecule has 2 bridgehead atoms. The number of hydrogen-bond acceptors (Lipinski definition) is 3. The minimum atomic E-state index is 0.180. The number of fused-ring (bicyclic) bond motifs is 2. The smallest absolute Gasteiger partial charge is 0.166 e. The molecule has 0 aromatic heterocycles. The molecule has 0 aliphatic carbocycles. The van der Waals surface area contributed by atoms with Gasteiger partial charge in [0.1, 0.15) is 12.4 Å². The van der Waals surface area contributed by atoms with Gasteiger partial charge in [0.25, 0.3) is 0 Å². The number of carbonyl (C=O) groups excluding carboxylic acids is 1. The third kappa shape index (κ3) is 3.36. The summed E-state index contributed by atoms with van der Waals surface area (Å²) in [6, 6.07) is 18.8. The van der Waals surface area contributed by atoms with E-state index in [1.54, 1.807) is 0 Å². The fourth-order valence-corrected chi connectivity index (χ4v) is 3.96. The Balaban J connectivity index is 1.37. The molecule has 1 N–H and O–H groups in total. The van der Waals surface area contributed by atoms with Crippen LogP contribution < -0.4 is 10.1 Å². The molecular weight excluding hydrogens is 298 g/mol. The fourth-order valence-electron chi connectivity index (χ4n) is 3.96. The van der Waals surface area contributed by atoms with Crippen LogP contribution in [0, 0.1) is 5.92 Å². The van der Waals surface area contributed by atoms with E-state index in [2.05, 4.69) is 5.32 Å². The highest BCUT2D eigenvalue weighted by Gasteiger charge is 2.36. The maximum Gasteiger partial charge on any atom is 0.166 e. The molecular formula is C21H23NO2. The van der Waals surface area contributed by atoms with Crippen molar-refractivity contribution in [1.82, 2.24) is 5.32 Å². The Bertz CT molecular complexity index is 684. The molecule has 0 amide bonds. The molecule has 2 aliphatic heterocycles. The Morgan fingerprint density at radius 2 is 1.62 bits per heavy atom. The Hall–Kier alpha value is -2.13. The topological polar surface area (TPSA) is 38.3 Å². The lowest BCUT2D eigenvalue weighted by atomic mass is 9.86. The van der Waals surface area contributed by atoms with E-state index in [0.717, 1.165) is 29.7 Å². The SMILES string of the molecule is O=C(c1ccc(OCc2ccccc2)cc1)C1CC2CCC(C1)N2. The molecule has 0 saturated carbocycles. The van der Waals surface area contributed by atoms with E-state index in [0.29, 0.717) is 24.5 Å². The Morgan fingerprint density at radius 1 is 0.958 bits per heavy atom. The molecule has 2 aromatic carbocycles. The number of piperidine rings is 1. The van der Waals surface area contributed by atoms with Gasteiger partial charge in [0.2, 0.25) is 0 Å². The molecule has 24 heavy (non-hydrogen) atoms. The van der Waals surface area contributed by atoms with E-state index >= 15 is 0 Å². The first-order chi connectivity index (χ1) is 11.8. The number of hydrogen-bond donors (Lipinski definition) is 1. The predicted octanol–water partition coefficient (Wildman–Crippen LogP) is 3.98. The van der Waals surface area contributed by atoms with Gasteiger partial charge < -0.3 is 10.1 Å². The van der Waals surface area contributed by atoms with Gasteiger partial charge >= 0.3 is 0 Å². The predicted molar refractivity (Wildman–Crippen MR) is 94.2 cm³/mol. The fraction of sp³-hybridized carbons (Fsp3) is 0.381. The summed E-state index contributed by atoms with van der Waals surface area (Å²) >= 11 is 0. The summed E-state index contributed by atoms with van der Waals surface area (Å²) < 4.78 is 5.80. The highest BCUT2D eigenvalue weighted by molar-refractivity contribution is 5.98. The van der Waals surface area contributed by atoms with Crippen LogP contribution in [0.2, 0.25) is 0 Å². The van der Waals surface area contributed by atoms with E-state index < -0.39 is 0 Å². The standard InChI is InChI=1S/C21H23NO2/c23-21(17-12-18-8-9-19(13-17)22-18)16-6-10-20(11-7-16)24-14-15-4-2-1-3-5-15/h1-7,10-11,17-19,22H,8-9,12-14H2. The normalized spacial score (nSPS) is 25.4. The number of ether oxygens (including phenoxy) is 1. The zero-order valence-corrected chi connectivity index (χ0v) is 13.8. The molecule has 0 spiro atoms. The number of rotatable bonds is 5. The van der Waals surface area contributed by atoms with Crippen molar-refractivity contribution in [2.45, 2.75) is 44.4 Å². The van der Waals surface area contributed by atoms with Gasteiger partial charge in [0.05, 0.1) is 0 Å². The van der Waals surface area contributed by atoms with Gasteiger partial charge in [-0.3, -0.25) is 4.79 Å². The lowest BCUT2D eigenvalue weighted by Gasteiger charge is -2.28. The number of Topliss-reactive ketones (excluding diaryl/α,β-unsaturated/α-hetero) is 1. The maximum absolute atomic E-state index is 12.7.